The summed E-state index contributed by atoms with van der Waals surface area (Å²) < 4.78 is 0. The van der Waals surface area contributed by atoms with Crippen molar-refractivity contribution >= 4 is 5.82 Å². The van der Waals surface area contributed by atoms with Gasteiger partial charge in [-0.15, -0.1) is 0 Å². The quantitative estimate of drug-likeness (QED) is 0.836. The first-order chi connectivity index (χ1) is 7.44. The lowest BCUT2D eigenvalue weighted by Gasteiger charge is -2.35. The minimum absolute atomic E-state index is 0.00396. The van der Waals surface area contributed by atoms with Crippen LogP contribution in [0.2, 0.25) is 0 Å². The first kappa shape index (κ1) is 12.5. The summed E-state index contributed by atoms with van der Waals surface area (Å²) in [6, 6.07) is 3.96. The summed E-state index contributed by atoms with van der Waals surface area (Å²) in [5.74, 6) is 0.613. The van der Waals surface area contributed by atoms with E-state index in [-0.39, 0.29) is 6.61 Å². The summed E-state index contributed by atoms with van der Waals surface area (Å²) in [7, 11) is 1.83. The second-order valence-electron chi connectivity index (χ2n) is 4.47. The highest BCUT2D eigenvalue weighted by molar-refractivity contribution is 5.57. The molecule has 0 amide bonds. The van der Waals surface area contributed by atoms with E-state index < -0.39 is 5.54 Å². The molecule has 86 valence electrons. The van der Waals surface area contributed by atoms with Gasteiger partial charge in [-0.05, 0) is 32.4 Å². The van der Waals surface area contributed by atoms with Crippen LogP contribution in [0.25, 0.3) is 0 Å². The minimum Gasteiger partial charge on any atom is -0.394 e. The van der Waals surface area contributed by atoms with Gasteiger partial charge >= 0.3 is 0 Å². The number of aliphatic hydroxyl groups is 1. The molecular formula is C12H17N3O. The van der Waals surface area contributed by atoms with Crippen LogP contribution in [0.1, 0.15) is 25.0 Å². The largest absolute Gasteiger partial charge is 0.394 e. The fourth-order valence-corrected chi connectivity index (χ4v) is 1.33. The molecule has 0 fully saturated rings. The van der Waals surface area contributed by atoms with E-state index in [1.165, 1.54) is 0 Å². The molecule has 1 N–H and O–H groups in total. The summed E-state index contributed by atoms with van der Waals surface area (Å²) in [6.45, 7) is 5.68. The molecule has 0 atom stereocenters. The fraction of sp³-hybridized carbons (Fsp3) is 0.500. The molecule has 0 bridgehead atoms. The van der Waals surface area contributed by atoms with Gasteiger partial charge in [0, 0.05) is 13.2 Å². The maximum Gasteiger partial charge on any atom is 0.147 e. The molecule has 0 spiro atoms. The minimum atomic E-state index is -0.438. The van der Waals surface area contributed by atoms with Gasteiger partial charge in [0.1, 0.15) is 11.9 Å². The van der Waals surface area contributed by atoms with Crippen LogP contribution >= 0.6 is 0 Å². The highest BCUT2D eigenvalue weighted by Gasteiger charge is 2.25. The van der Waals surface area contributed by atoms with E-state index in [9.17, 15) is 5.11 Å². The van der Waals surface area contributed by atoms with Gasteiger partial charge in [-0.1, -0.05) is 0 Å². The van der Waals surface area contributed by atoms with Gasteiger partial charge in [0.2, 0.25) is 0 Å². The van der Waals surface area contributed by atoms with E-state index in [1.807, 2.05) is 38.8 Å². The van der Waals surface area contributed by atoms with Crippen molar-refractivity contribution in [2.24, 2.45) is 0 Å². The molecule has 0 radical (unpaired) electrons. The standard InChI is InChI=1S/C12H17N3O/c1-9-5-6-14-11(10(9)7-13)15(4)12(2,3)8-16/h5-6,16H,8H2,1-4H3. The normalized spacial score (nSPS) is 11.0. The lowest BCUT2D eigenvalue weighted by atomic mass is 10.0. The van der Waals surface area contributed by atoms with Crippen LogP contribution < -0.4 is 4.90 Å². The number of nitrogens with zero attached hydrogens (tertiary/aromatic N) is 3. The van der Waals surface area contributed by atoms with Gasteiger partial charge in [-0.25, -0.2) is 4.98 Å². The van der Waals surface area contributed by atoms with Gasteiger partial charge in [-0.3, -0.25) is 0 Å². The Labute approximate surface area is 96.2 Å². The summed E-state index contributed by atoms with van der Waals surface area (Å²) in [5, 5.41) is 18.4. The third-order valence-corrected chi connectivity index (χ3v) is 2.86. The molecule has 0 aliphatic rings. The summed E-state index contributed by atoms with van der Waals surface area (Å²) in [6.07, 6.45) is 1.68. The van der Waals surface area contributed by atoms with E-state index in [2.05, 4.69) is 11.1 Å². The molecule has 1 aromatic heterocycles. The molecule has 0 saturated carbocycles. The van der Waals surface area contributed by atoms with Crippen molar-refractivity contribution in [2.75, 3.05) is 18.6 Å². The highest BCUT2D eigenvalue weighted by atomic mass is 16.3. The van der Waals surface area contributed by atoms with E-state index in [0.29, 0.717) is 11.4 Å². The summed E-state index contributed by atoms with van der Waals surface area (Å²) >= 11 is 0. The Hall–Kier alpha value is -1.60. The number of hydrogen-bond donors (Lipinski definition) is 1. The number of anilines is 1. The topological polar surface area (TPSA) is 60.1 Å². The second kappa shape index (κ2) is 4.50. The van der Waals surface area contributed by atoms with Crippen LogP contribution in [0.4, 0.5) is 5.82 Å². The molecule has 0 aliphatic heterocycles. The maximum atomic E-state index is 9.31. The van der Waals surface area contributed by atoms with Crippen LogP contribution in [0.15, 0.2) is 12.3 Å². The average Bonchev–Trinajstić information content (AvgIpc) is 2.27. The predicted molar refractivity (Wildman–Crippen MR) is 63.3 cm³/mol. The molecule has 0 unspecified atom stereocenters. The molecule has 0 saturated heterocycles. The lowest BCUT2D eigenvalue weighted by Crippen LogP contribution is -2.45. The van der Waals surface area contributed by atoms with Crippen molar-refractivity contribution in [3.05, 3.63) is 23.4 Å². The molecular weight excluding hydrogens is 202 g/mol. The zero-order chi connectivity index (χ0) is 12.3. The number of aryl methyl sites for hydroxylation is 1. The molecule has 4 nitrogen and oxygen atoms in total. The number of pyridine rings is 1. The molecule has 0 aliphatic carbocycles. The van der Waals surface area contributed by atoms with Gasteiger partial charge in [0.25, 0.3) is 0 Å². The van der Waals surface area contributed by atoms with Crippen LogP contribution in [-0.4, -0.2) is 29.3 Å². The van der Waals surface area contributed by atoms with Crippen molar-refractivity contribution in [2.45, 2.75) is 26.3 Å². The van der Waals surface area contributed by atoms with Crippen LogP contribution in [0, 0.1) is 18.3 Å². The van der Waals surface area contributed by atoms with E-state index in [4.69, 9.17) is 5.26 Å². The third kappa shape index (κ3) is 2.15. The van der Waals surface area contributed by atoms with Gasteiger partial charge < -0.3 is 10.0 Å². The Morgan fingerprint density at radius 3 is 2.69 bits per heavy atom. The number of hydrogen-bond acceptors (Lipinski definition) is 4. The van der Waals surface area contributed by atoms with Crippen LogP contribution in [-0.2, 0) is 0 Å². The number of rotatable bonds is 3. The van der Waals surface area contributed by atoms with Crippen molar-refractivity contribution in [3.8, 4) is 6.07 Å². The molecule has 1 heterocycles. The Morgan fingerprint density at radius 1 is 1.56 bits per heavy atom. The Morgan fingerprint density at radius 2 is 2.19 bits per heavy atom. The molecule has 0 aromatic carbocycles. The molecule has 4 heteroatoms. The summed E-state index contributed by atoms with van der Waals surface area (Å²) in [5.41, 5.74) is 1.02. The average molecular weight is 219 g/mol. The lowest BCUT2D eigenvalue weighted by molar-refractivity contribution is 0.215. The van der Waals surface area contributed by atoms with Crippen molar-refractivity contribution < 1.29 is 5.11 Å². The Bertz CT molecular complexity index is 421. The van der Waals surface area contributed by atoms with E-state index in [1.54, 1.807) is 6.20 Å². The monoisotopic (exact) mass is 219 g/mol. The summed E-state index contributed by atoms with van der Waals surface area (Å²) in [4.78, 5) is 6.05. The molecule has 16 heavy (non-hydrogen) atoms. The van der Waals surface area contributed by atoms with Gasteiger partial charge in [-0.2, -0.15) is 5.26 Å². The third-order valence-electron chi connectivity index (χ3n) is 2.86. The fourth-order valence-electron chi connectivity index (χ4n) is 1.33. The van der Waals surface area contributed by atoms with E-state index >= 15 is 0 Å². The molecule has 1 rings (SSSR count). The predicted octanol–water partition coefficient (Wildman–Crippen LogP) is 1.47. The Kier molecular flexibility index (Phi) is 3.51. The van der Waals surface area contributed by atoms with Crippen LogP contribution in [0.5, 0.6) is 0 Å². The SMILES string of the molecule is Cc1ccnc(N(C)C(C)(C)CO)c1C#N. The zero-order valence-corrected chi connectivity index (χ0v) is 10.2. The van der Waals surface area contributed by atoms with Crippen molar-refractivity contribution in [3.63, 3.8) is 0 Å². The zero-order valence-electron chi connectivity index (χ0n) is 10.2. The van der Waals surface area contributed by atoms with Crippen molar-refractivity contribution in [1.82, 2.24) is 4.98 Å². The van der Waals surface area contributed by atoms with Crippen molar-refractivity contribution in [1.29, 1.82) is 5.26 Å². The van der Waals surface area contributed by atoms with Crippen LogP contribution in [0.3, 0.4) is 0 Å². The highest BCUT2D eigenvalue weighted by Crippen LogP contribution is 2.24. The number of likely N-dealkylation sites (N-methyl/N-ethyl adjacent to an activating group) is 1. The number of aliphatic hydroxyl groups excluding tert-OH is 1. The first-order valence-electron chi connectivity index (χ1n) is 5.14. The smallest absolute Gasteiger partial charge is 0.147 e. The van der Waals surface area contributed by atoms with Gasteiger partial charge in [0.05, 0.1) is 17.7 Å². The molecule has 1 aromatic rings. The Balaban J connectivity index is 3.25. The first-order valence-corrected chi connectivity index (χ1v) is 5.14. The maximum absolute atomic E-state index is 9.31. The second-order valence-corrected chi connectivity index (χ2v) is 4.47. The van der Waals surface area contributed by atoms with Gasteiger partial charge in [0.15, 0.2) is 0 Å². The number of nitriles is 1. The number of aromatic nitrogens is 1. The van der Waals surface area contributed by atoms with E-state index in [0.717, 1.165) is 5.56 Å².